The van der Waals surface area contributed by atoms with E-state index in [0.717, 1.165) is 12.8 Å². The SMILES string of the molecule is Nc1c(F)cc(C(=O)CNC2CCCC2)cc1Br. The molecule has 3 nitrogen and oxygen atoms in total. The molecule has 1 aromatic rings. The Morgan fingerprint density at radius 1 is 1.44 bits per heavy atom. The zero-order chi connectivity index (χ0) is 13.1. The van der Waals surface area contributed by atoms with Gasteiger partial charge in [-0.1, -0.05) is 12.8 Å². The van der Waals surface area contributed by atoms with Gasteiger partial charge in [0.2, 0.25) is 0 Å². The Hall–Kier alpha value is -0.940. The molecular formula is C13H16BrFN2O. The summed E-state index contributed by atoms with van der Waals surface area (Å²) >= 11 is 3.14. The van der Waals surface area contributed by atoms with Gasteiger partial charge < -0.3 is 11.1 Å². The molecule has 0 amide bonds. The van der Waals surface area contributed by atoms with Crippen molar-refractivity contribution < 1.29 is 9.18 Å². The molecule has 1 aromatic carbocycles. The first-order valence-corrected chi connectivity index (χ1v) is 6.88. The topological polar surface area (TPSA) is 55.1 Å². The first-order chi connectivity index (χ1) is 8.58. The molecule has 0 aliphatic heterocycles. The zero-order valence-corrected chi connectivity index (χ0v) is 11.6. The average Bonchev–Trinajstić information content (AvgIpc) is 2.85. The Bertz CT molecular complexity index is 435. The van der Waals surface area contributed by atoms with Crippen LogP contribution < -0.4 is 11.1 Å². The van der Waals surface area contributed by atoms with Gasteiger partial charge in [-0.05, 0) is 40.9 Å². The smallest absolute Gasteiger partial charge is 0.176 e. The Kier molecular flexibility index (Phi) is 4.35. The number of nitrogens with one attached hydrogen (secondary N) is 1. The number of carbonyl (C=O) groups is 1. The number of nitrogen functional groups attached to an aromatic ring is 1. The quantitative estimate of drug-likeness (QED) is 0.663. The molecule has 5 heteroatoms. The van der Waals surface area contributed by atoms with Crippen molar-refractivity contribution in [2.45, 2.75) is 31.7 Å². The number of ketones is 1. The van der Waals surface area contributed by atoms with Gasteiger partial charge >= 0.3 is 0 Å². The fourth-order valence-corrected chi connectivity index (χ4v) is 2.65. The average molecular weight is 315 g/mol. The minimum Gasteiger partial charge on any atom is -0.395 e. The number of halogens is 2. The van der Waals surface area contributed by atoms with E-state index in [0.29, 0.717) is 16.1 Å². The van der Waals surface area contributed by atoms with Crippen LogP contribution in [0.1, 0.15) is 36.0 Å². The molecule has 0 unspecified atom stereocenters. The van der Waals surface area contributed by atoms with Crippen molar-refractivity contribution >= 4 is 27.4 Å². The Balaban J connectivity index is 2.00. The molecule has 1 saturated carbocycles. The van der Waals surface area contributed by atoms with Crippen molar-refractivity contribution in [2.24, 2.45) is 0 Å². The largest absolute Gasteiger partial charge is 0.395 e. The fourth-order valence-electron chi connectivity index (χ4n) is 2.21. The van der Waals surface area contributed by atoms with Crippen LogP contribution in [0.2, 0.25) is 0 Å². The van der Waals surface area contributed by atoms with Crippen LogP contribution in [0.25, 0.3) is 0 Å². The third kappa shape index (κ3) is 3.09. The summed E-state index contributed by atoms with van der Waals surface area (Å²) in [7, 11) is 0. The molecule has 1 aliphatic rings. The van der Waals surface area contributed by atoms with Crippen molar-refractivity contribution in [3.05, 3.63) is 28.0 Å². The summed E-state index contributed by atoms with van der Waals surface area (Å²) in [4.78, 5) is 11.9. The molecule has 2 rings (SSSR count). The van der Waals surface area contributed by atoms with Crippen molar-refractivity contribution in [2.75, 3.05) is 12.3 Å². The van der Waals surface area contributed by atoms with E-state index in [4.69, 9.17) is 5.73 Å². The first-order valence-electron chi connectivity index (χ1n) is 6.09. The molecule has 18 heavy (non-hydrogen) atoms. The van der Waals surface area contributed by atoms with E-state index < -0.39 is 5.82 Å². The molecule has 0 radical (unpaired) electrons. The van der Waals surface area contributed by atoms with Gasteiger partial charge in [0.1, 0.15) is 5.82 Å². The van der Waals surface area contributed by atoms with Gasteiger partial charge in [0.05, 0.1) is 12.2 Å². The molecule has 98 valence electrons. The van der Waals surface area contributed by atoms with Crippen molar-refractivity contribution in [1.29, 1.82) is 0 Å². The van der Waals surface area contributed by atoms with Crippen LogP contribution in [-0.2, 0) is 0 Å². The summed E-state index contributed by atoms with van der Waals surface area (Å²) in [5, 5.41) is 3.21. The van der Waals surface area contributed by atoms with Crippen LogP contribution in [0, 0.1) is 5.82 Å². The van der Waals surface area contributed by atoms with Crippen LogP contribution in [0.5, 0.6) is 0 Å². The van der Waals surface area contributed by atoms with E-state index in [1.165, 1.54) is 18.9 Å². The molecule has 1 fully saturated rings. The van der Waals surface area contributed by atoms with E-state index in [2.05, 4.69) is 21.2 Å². The van der Waals surface area contributed by atoms with Crippen LogP contribution in [0.4, 0.5) is 10.1 Å². The maximum absolute atomic E-state index is 13.4. The zero-order valence-electron chi connectivity index (χ0n) is 10.0. The fraction of sp³-hybridized carbons (Fsp3) is 0.462. The molecule has 0 atom stereocenters. The maximum atomic E-state index is 13.4. The number of benzene rings is 1. The van der Waals surface area contributed by atoms with Crippen LogP contribution in [0.15, 0.2) is 16.6 Å². The highest BCUT2D eigenvalue weighted by atomic mass is 79.9. The van der Waals surface area contributed by atoms with Crippen molar-refractivity contribution in [1.82, 2.24) is 5.32 Å². The molecular weight excluding hydrogens is 299 g/mol. The number of carbonyl (C=O) groups excluding carboxylic acids is 1. The predicted molar refractivity (Wildman–Crippen MR) is 73.1 cm³/mol. The molecule has 3 N–H and O–H groups in total. The molecule has 0 bridgehead atoms. The molecule has 1 aliphatic carbocycles. The van der Waals surface area contributed by atoms with Gasteiger partial charge in [-0.25, -0.2) is 4.39 Å². The highest BCUT2D eigenvalue weighted by Gasteiger charge is 2.17. The van der Waals surface area contributed by atoms with Crippen molar-refractivity contribution in [3.63, 3.8) is 0 Å². The Labute approximate surface area is 114 Å². The summed E-state index contributed by atoms with van der Waals surface area (Å²) < 4.78 is 13.8. The lowest BCUT2D eigenvalue weighted by Gasteiger charge is -2.11. The van der Waals surface area contributed by atoms with E-state index in [1.807, 2.05) is 0 Å². The van der Waals surface area contributed by atoms with Gasteiger partial charge in [-0.2, -0.15) is 0 Å². The molecule has 0 saturated heterocycles. The second-order valence-electron chi connectivity index (χ2n) is 4.64. The normalized spacial score (nSPS) is 16.1. The van der Waals surface area contributed by atoms with Crippen LogP contribution >= 0.6 is 15.9 Å². The summed E-state index contributed by atoms with van der Waals surface area (Å²) in [6.45, 7) is 0.250. The lowest BCUT2D eigenvalue weighted by molar-refractivity contribution is 0.0987. The molecule has 0 aromatic heterocycles. The second kappa shape index (κ2) is 5.80. The summed E-state index contributed by atoms with van der Waals surface area (Å²) in [5.74, 6) is -0.671. The minimum absolute atomic E-state index is 0.0373. The second-order valence-corrected chi connectivity index (χ2v) is 5.49. The third-order valence-electron chi connectivity index (χ3n) is 3.31. The standard InChI is InChI=1S/C13H16BrFN2O/c14-10-5-8(6-11(15)13(10)16)12(18)7-17-9-3-1-2-4-9/h5-6,9,17H,1-4,7,16H2. The van der Waals surface area contributed by atoms with E-state index >= 15 is 0 Å². The number of nitrogens with two attached hydrogens (primary N) is 1. The van der Waals surface area contributed by atoms with Crippen LogP contribution in [0.3, 0.4) is 0 Å². The maximum Gasteiger partial charge on any atom is 0.176 e. The Morgan fingerprint density at radius 2 is 2.11 bits per heavy atom. The molecule has 0 heterocycles. The summed E-state index contributed by atoms with van der Waals surface area (Å²) in [6, 6.07) is 3.19. The highest BCUT2D eigenvalue weighted by molar-refractivity contribution is 9.10. The lowest BCUT2D eigenvalue weighted by Crippen LogP contribution is -2.31. The lowest BCUT2D eigenvalue weighted by atomic mass is 10.1. The monoisotopic (exact) mass is 314 g/mol. The van der Waals surface area contributed by atoms with Gasteiger partial charge in [0, 0.05) is 16.1 Å². The van der Waals surface area contributed by atoms with E-state index in [1.54, 1.807) is 6.07 Å². The number of Topliss-reactive ketones (excluding diaryl/α,β-unsaturated/α-hetero) is 1. The minimum atomic E-state index is -0.561. The summed E-state index contributed by atoms with van der Waals surface area (Å²) in [5.41, 5.74) is 5.86. The van der Waals surface area contributed by atoms with Crippen molar-refractivity contribution in [3.8, 4) is 0 Å². The number of rotatable bonds is 4. The van der Waals surface area contributed by atoms with E-state index in [-0.39, 0.29) is 18.0 Å². The predicted octanol–water partition coefficient (Wildman–Crippen LogP) is 2.89. The van der Waals surface area contributed by atoms with Gasteiger partial charge in [0.15, 0.2) is 5.78 Å². The van der Waals surface area contributed by atoms with Gasteiger partial charge in [0.25, 0.3) is 0 Å². The highest BCUT2D eigenvalue weighted by Crippen LogP contribution is 2.24. The Morgan fingerprint density at radius 3 is 2.72 bits per heavy atom. The van der Waals surface area contributed by atoms with E-state index in [9.17, 15) is 9.18 Å². The van der Waals surface area contributed by atoms with Crippen LogP contribution in [-0.4, -0.2) is 18.4 Å². The van der Waals surface area contributed by atoms with Gasteiger partial charge in [-0.15, -0.1) is 0 Å². The molecule has 0 spiro atoms. The third-order valence-corrected chi connectivity index (χ3v) is 3.96. The number of hydrogen-bond acceptors (Lipinski definition) is 3. The number of hydrogen-bond donors (Lipinski definition) is 2. The summed E-state index contributed by atoms with van der Waals surface area (Å²) in [6.07, 6.45) is 4.67. The van der Waals surface area contributed by atoms with Gasteiger partial charge in [-0.3, -0.25) is 4.79 Å². The number of anilines is 1. The first kappa shape index (κ1) is 13.5.